The Bertz CT molecular complexity index is 1000. The van der Waals surface area contributed by atoms with Crippen molar-refractivity contribution in [1.29, 1.82) is 5.26 Å². The molecule has 0 saturated heterocycles. The van der Waals surface area contributed by atoms with Gasteiger partial charge in [0.2, 0.25) is 0 Å². The van der Waals surface area contributed by atoms with E-state index in [1.54, 1.807) is 0 Å². The molecular weight excluding hydrogens is 354 g/mol. The van der Waals surface area contributed by atoms with Gasteiger partial charge in [0.05, 0.1) is 17.5 Å². The predicted molar refractivity (Wildman–Crippen MR) is 69.9 cm³/mol. The third-order valence-corrected chi connectivity index (χ3v) is 3.36. The van der Waals surface area contributed by atoms with E-state index in [2.05, 4.69) is 15.2 Å². The van der Waals surface area contributed by atoms with Crippen LogP contribution in [0.1, 0.15) is 17.0 Å². The van der Waals surface area contributed by atoms with E-state index in [1.807, 2.05) is 0 Å². The summed E-state index contributed by atoms with van der Waals surface area (Å²) < 4.78 is 79.9. The summed E-state index contributed by atoms with van der Waals surface area (Å²) in [5.74, 6) is 0. The van der Waals surface area contributed by atoms with Gasteiger partial charge in [-0.15, -0.1) is 0 Å². The van der Waals surface area contributed by atoms with E-state index in [4.69, 9.17) is 5.26 Å². The molecule has 0 saturated carbocycles. The lowest BCUT2D eigenvalue weighted by Crippen LogP contribution is -2.16. The van der Waals surface area contributed by atoms with Crippen molar-refractivity contribution in [3.8, 4) is 17.3 Å². The van der Waals surface area contributed by atoms with Crippen LogP contribution in [0.4, 0.5) is 26.3 Å². The zero-order chi connectivity index (χ0) is 18.6. The Morgan fingerprint density at radius 3 is 2.24 bits per heavy atom. The van der Waals surface area contributed by atoms with Crippen LogP contribution in [0.15, 0.2) is 18.5 Å². The molecule has 3 aromatic heterocycles. The van der Waals surface area contributed by atoms with Gasteiger partial charge in [-0.05, 0) is 0 Å². The number of hydrogen-bond acceptors (Lipinski definition) is 4. The van der Waals surface area contributed by atoms with Crippen LogP contribution in [-0.2, 0) is 19.4 Å². The lowest BCUT2D eigenvalue weighted by molar-refractivity contribution is -0.144. The molecular formula is C13H6F6N6. The largest absolute Gasteiger partial charge is 0.434 e. The molecule has 0 amide bonds. The summed E-state index contributed by atoms with van der Waals surface area (Å²) in [4.78, 5) is 3.64. The topological polar surface area (TPSA) is 71.8 Å². The molecule has 3 aromatic rings. The summed E-state index contributed by atoms with van der Waals surface area (Å²) >= 11 is 0. The van der Waals surface area contributed by atoms with Crippen molar-refractivity contribution in [2.45, 2.75) is 12.4 Å². The first-order valence-electron chi connectivity index (χ1n) is 6.49. The highest BCUT2D eigenvalue weighted by atomic mass is 19.4. The van der Waals surface area contributed by atoms with Gasteiger partial charge in [-0.25, -0.2) is 9.50 Å². The molecule has 0 N–H and O–H groups in total. The Kier molecular flexibility index (Phi) is 3.48. The van der Waals surface area contributed by atoms with E-state index in [-0.39, 0.29) is 5.65 Å². The fraction of sp³-hybridized carbons (Fsp3) is 0.231. The maximum atomic E-state index is 13.2. The molecule has 0 bridgehead atoms. The van der Waals surface area contributed by atoms with Crippen molar-refractivity contribution < 1.29 is 26.3 Å². The SMILES string of the molecule is Cn1ncc(-c2cc3ncc(C#N)c(C(F)(F)F)n3n2)c1C(F)(F)F. The molecule has 6 nitrogen and oxygen atoms in total. The first-order valence-corrected chi connectivity index (χ1v) is 6.49. The first-order chi connectivity index (χ1) is 11.5. The third-order valence-electron chi connectivity index (χ3n) is 3.36. The monoisotopic (exact) mass is 360 g/mol. The van der Waals surface area contributed by atoms with Gasteiger partial charge in [-0.3, -0.25) is 4.68 Å². The lowest BCUT2D eigenvalue weighted by atomic mass is 10.2. The summed E-state index contributed by atoms with van der Waals surface area (Å²) in [6.07, 6.45) is -8.19. The number of aryl methyl sites for hydroxylation is 1. The van der Waals surface area contributed by atoms with Crippen molar-refractivity contribution in [1.82, 2.24) is 24.4 Å². The summed E-state index contributed by atoms with van der Waals surface area (Å²) in [6, 6.07) is 2.30. The summed E-state index contributed by atoms with van der Waals surface area (Å²) in [5, 5.41) is 15.9. The van der Waals surface area contributed by atoms with Crippen LogP contribution < -0.4 is 0 Å². The van der Waals surface area contributed by atoms with Gasteiger partial charge >= 0.3 is 12.4 Å². The Balaban J connectivity index is 2.31. The van der Waals surface area contributed by atoms with E-state index in [1.165, 1.54) is 6.07 Å². The highest BCUT2D eigenvalue weighted by Crippen LogP contribution is 2.37. The Morgan fingerprint density at radius 2 is 1.68 bits per heavy atom. The van der Waals surface area contributed by atoms with Gasteiger partial charge in [-0.1, -0.05) is 0 Å². The molecule has 3 heterocycles. The zero-order valence-electron chi connectivity index (χ0n) is 12.2. The fourth-order valence-electron chi connectivity index (χ4n) is 2.38. The minimum atomic E-state index is -4.95. The van der Waals surface area contributed by atoms with Gasteiger partial charge < -0.3 is 0 Å². The Hall–Kier alpha value is -3.10. The van der Waals surface area contributed by atoms with E-state index in [9.17, 15) is 26.3 Å². The molecule has 0 unspecified atom stereocenters. The first kappa shape index (κ1) is 16.7. The van der Waals surface area contributed by atoms with Gasteiger partial charge in [0.15, 0.2) is 17.0 Å². The average molecular weight is 360 g/mol. The van der Waals surface area contributed by atoms with Crippen molar-refractivity contribution in [2.24, 2.45) is 7.05 Å². The van der Waals surface area contributed by atoms with Gasteiger partial charge in [0.1, 0.15) is 11.6 Å². The van der Waals surface area contributed by atoms with Gasteiger partial charge in [0, 0.05) is 19.3 Å². The predicted octanol–water partition coefficient (Wildman–Crippen LogP) is 3.04. The van der Waals surface area contributed by atoms with Crippen LogP contribution in [0.25, 0.3) is 16.9 Å². The normalized spacial score (nSPS) is 12.6. The second-order valence-corrected chi connectivity index (χ2v) is 4.96. The van der Waals surface area contributed by atoms with Crippen molar-refractivity contribution in [3.05, 3.63) is 35.4 Å². The standard InChI is InChI=1S/C13H6F6N6/c1-24-11(13(17,18)19)7(5-22-24)8-2-9-21-4-6(3-20)10(12(14,15)16)25(9)23-8/h2,4-5H,1H3. The molecule has 25 heavy (non-hydrogen) atoms. The zero-order valence-corrected chi connectivity index (χ0v) is 12.2. The fourth-order valence-corrected chi connectivity index (χ4v) is 2.38. The number of hydrogen-bond donors (Lipinski definition) is 0. The second kappa shape index (κ2) is 5.20. The summed E-state index contributed by atoms with van der Waals surface area (Å²) in [7, 11) is 1.05. The quantitative estimate of drug-likeness (QED) is 0.626. The van der Waals surface area contributed by atoms with Gasteiger partial charge in [-0.2, -0.15) is 41.8 Å². The maximum Gasteiger partial charge on any atom is 0.434 e. The van der Waals surface area contributed by atoms with E-state index < -0.39 is 40.6 Å². The summed E-state index contributed by atoms with van der Waals surface area (Å²) in [5.41, 5.74) is -4.61. The Labute approximate surface area is 134 Å². The minimum absolute atomic E-state index is 0.307. The minimum Gasteiger partial charge on any atom is -0.263 e. The molecule has 0 aliphatic heterocycles. The summed E-state index contributed by atoms with van der Waals surface area (Å²) in [6.45, 7) is 0. The third kappa shape index (κ3) is 2.67. The van der Waals surface area contributed by atoms with E-state index in [0.29, 0.717) is 15.4 Å². The molecule has 0 radical (unpaired) electrons. The van der Waals surface area contributed by atoms with Crippen LogP contribution in [0, 0.1) is 11.3 Å². The van der Waals surface area contributed by atoms with Gasteiger partial charge in [0.25, 0.3) is 0 Å². The molecule has 0 atom stereocenters. The smallest absolute Gasteiger partial charge is 0.263 e. The van der Waals surface area contributed by atoms with E-state index in [0.717, 1.165) is 19.3 Å². The molecule has 130 valence electrons. The molecule has 3 rings (SSSR count). The molecule has 12 heteroatoms. The number of halogens is 6. The molecule has 0 spiro atoms. The number of fused-ring (bicyclic) bond motifs is 1. The number of rotatable bonds is 1. The molecule has 0 aliphatic rings. The average Bonchev–Trinajstić information content (AvgIpc) is 3.06. The number of nitrogens with zero attached hydrogens (tertiary/aromatic N) is 6. The highest BCUT2D eigenvalue weighted by Gasteiger charge is 2.40. The lowest BCUT2D eigenvalue weighted by Gasteiger charge is -2.10. The van der Waals surface area contributed by atoms with Crippen molar-refractivity contribution >= 4 is 5.65 Å². The molecule has 0 fully saturated rings. The highest BCUT2D eigenvalue weighted by molar-refractivity contribution is 5.67. The molecule has 0 aromatic carbocycles. The van der Waals surface area contributed by atoms with Crippen LogP contribution in [-0.4, -0.2) is 24.4 Å². The number of alkyl halides is 6. The van der Waals surface area contributed by atoms with Crippen LogP contribution in [0.3, 0.4) is 0 Å². The van der Waals surface area contributed by atoms with Crippen LogP contribution in [0.5, 0.6) is 0 Å². The van der Waals surface area contributed by atoms with Crippen molar-refractivity contribution in [2.75, 3.05) is 0 Å². The molecule has 0 aliphatic carbocycles. The van der Waals surface area contributed by atoms with Crippen LogP contribution in [0.2, 0.25) is 0 Å². The number of nitriles is 1. The maximum absolute atomic E-state index is 13.2. The van der Waals surface area contributed by atoms with E-state index >= 15 is 0 Å². The van der Waals surface area contributed by atoms with Crippen LogP contribution >= 0.6 is 0 Å². The van der Waals surface area contributed by atoms with Crippen molar-refractivity contribution in [3.63, 3.8) is 0 Å². The Morgan fingerprint density at radius 1 is 1.04 bits per heavy atom. The number of aromatic nitrogens is 5. The second-order valence-electron chi connectivity index (χ2n) is 4.96.